The molecular formula is C19H22N4OS2. The summed E-state index contributed by atoms with van der Waals surface area (Å²) in [6.45, 7) is 5.26. The van der Waals surface area contributed by atoms with Crippen LogP contribution in [0, 0.1) is 18.6 Å². The first-order valence-electron chi connectivity index (χ1n) is 8.45. The number of aromatic nitrogens is 3. The number of aromatic amines is 1. The van der Waals surface area contributed by atoms with Gasteiger partial charge in [-0.05, 0) is 49.1 Å². The van der Waals surface area contributed by atoms with Crippen molar-refractivity contribution < 1.29 is 4.79 Å². The number of amides is 1. The molecule has 0 atom stereocenters. The third kappa shape index (κ3) is 4.11. The zero-order chi connectivity index (χ0) is 18.7. The first-order valence-corrected chi connectivity index (χ1v) is 9.73. The van der Waals surface area contributed by atoms with Gasteiger partial charge in [-0.15, -0.1) is 11.3 Å². The average molecular weight is 387 g/mol. The second-order valence-corrected chi connectivity index (χ2v) is 7.79. The molecule has 0 unspecified atom stereocenters. The number of rotatable bonds is 6. The molecule has 0 saturated carbocycles. The second-order valence-electron chi connectivity index (χ2n) is 6.40. The van der Waals surface area contributed by atoms with E-state index in [2.05, 4.69) is 34.6 Å². The minimum Gasteiger partial charge on any atom is -0.341 e. The second kappa shape index (κ2) is 7.97. The van der Waals surface area contributed by atoms with Gasteiger partial charge < -0.3 is 4.90 Å². The molecule has 26 heavy (non-hydrogen) atoms. The van der Waals surface area contributed by atoms with Crippen LogP contribution < -0.4 is 0 Å². The average Bonchev–Trinajstić information content (AvgIpc) is 3.18. The third-order valence-electron chi connectivity index (χ3n) is 4.36. The van der Waals surface area contributed by atoms with E-state index in [0.29, 0.717) is 24.3 Å². The van der Waals surface area contributed by atoms with E-state index in [1.807, 2.05) is 36.7 Å². The molecule has 0 fully saturated rings. The standard InChI is InChI=1S/C19H22N4OS2/c1-13-5-4-6-15(11-13)18-20-21-19(25)23(18)9-7-17(24)22(3)12-16-14(2)8-10-26-16/h4-6,8,10-11H,7,9,12H2,1-3H3,(H,21,25). The largest absolute Gasteiger partial charge is 0.341 e. The van der Waals surface area contributed by atoms with Crippen LogP contribution in [0.5, 0.6) is 0 Å². The highest BCUT2D eigenvalue weighted by molar-refractivity contribution is 7.71. The lowest BCUT2D eigenvalue weighted by atomic mass is 10.1. The summed E-state index contributed by atoms with van der Waals surface area (Å²) in [6.07, 6.45) is 0.383. The van der Waals surface area contributed by atoms with Crippen molar-refractivity contribution in [1.29, 1.82) is 0 Å². The first-order chi connectivity index (χ1) is 12.5. The summed E-state index contributed by atoms with van der Waals surface area (Å²) in [5.74, 6) is 0.861. The Kier molecular flexibility index (Phi) is 5.68. The molecule has 0 aliphatic rings. The Morgan fingerprint density at radius 1 is 1.35 bits per heavy atom. The Morgan fingerprint density at radius 3 is 2.85 bits per heavy atom. The van der Waals surface area contributed by atoms with Crippen LogP contribution in [0.1, 0.15) is 22.4 Å². The van der Waals surface area contributed by atoms with Crippen molar-refractivity contribution in [2.75, 3.05) is 7.05 Å². The maximum absolute atomic E-state index is 12.5. The van der Waals surface area contributed by atoms with Crippen LogP contribution in [0.3, 0.4) is 0 Å². The van der Waals surface area contributed by atoms with E-state index in [1.165, 1.54) is 10.4 Å². The molecule has 136 valence electrons. The molecule has 2 aromatic heterocycles. The normalized spacial score (nSPS) is 10.9. The van der Waals surface area contributed by atoms with Gasteiger partial charge in [-0.25, -0.2) is 0 Å². The number of nitrogens with one attached hydrogen (secondary N) is 1. The molecule has 2 heterocycles. The molecule has 0 aliphatic heterocycles. The number of thiophene rings is 1. The zero-order valence-corrected chi connectivity index (χ0v) is 16.8. The van der Waals surface area contributed by atoms with Gasteiger partial charge >= 0.3 is 0 Å². The number of carbonyl (C=O) groups is 1. The molecule has 3 rings (SSSR count). The van der Waals surface area contributed by atoms with Crippen molar-refractivity contribution in [3.05, 3.63) is 56.5 Å². The molecule has 5 nitrogen and oxygen atoms in total. The lowest BCUT2D eigenvalue weighted by molar-refractivity contribution is -0.130. The predicted octanol–water partition coefficient (Wildman–Crippen LogP) is 4.33. The van der Waals surface area contributed by atoms with Gasteiger partial charge in [0, 0.05) is 30.5 Å². The fourth-order valence-corrected chi connectivity index (χ4v) is 3.98. The topological polar surface area (TPSA) is 53.9 Å². The molecule has 1 N–H and O–H groups in total. The van der Waals surface area contributed by atoms with Crippen LogP contribution in [0.25, 0.3) is 11.4 Å². The molecule has 3 aromatic rings. The summed E-state index contributed by atoms with van der Waals surface area (Å²) >= 11 is 7.04. The van der Waals surface area contributed by atoms with Gasteiger partial charge in [0.05, 0.1) is 6.54 Å². The maximum Gasteiger partial charge on any atom is 0.224 e. The zero-order valence-electron chi connectivity index (χ0n) is 15.2. The molecule has 1 aromatic carbocycles. The van der Waals surface area contributed by atoms with Crippen LogP contribution >= 0.6 is 23.6 Å². The van der Waals surface area contributed by atoms with Crippen LogP contribution in [-0.2, 0) is 17.9 Å². The molecular weight excluding hydrogens is 364 g/mol. The predicted molar refractivity (Wildman–Crippen MR) is 108 cm³/mol. The van der Waals surface area contributed by atoms with Gasteiger partial charge in [0.2, 0.25) is 5.91 Å². The summed E-state index contributed by atoms with van der Waals surface area (Å²) < 4.78 is 2.43. The summed E-state index contributed by atoms with van der Waals surface area (Å²) in [4.78, 5) is 15.5. The van der Waals surface area contributed by atoms with Crippen molar-refractivity contribution in [3.63, 3.8) is 0 Å². The van der Waals surface area contributed by atoms with Gasteiger partial charge in [0.15, 0.2) is 10.6 Å². The number of hydrogen-bond donors (Lipinski definition) is 1. The van der Waals surface area contributed by atoms with E-state index in [4.69, 9.17) is 12.2 Å². The van der Waals surface area contributed by atoms with Crippen LogP contribution in [0.4, 0.5) is 0 Å². The SMILES string of the molecule is Cc1cccc(-c2n[nH]c(=S)n2CCC(=O)N(C)Cc2sccc2C)c1. The smallest absolute Gasteiger partial charge is 0.224 e. The first kappa shape index (κ1) is 18.5. The fraction of sp³-hybridized carbons (Fsp3) is 0.316. The third-order valence-corrected chi connectivity index (χ3v) is 5.68. The van der Waals surface area contributed by atoms with E-state index in [1.54, 1.807) is 16.2 Å². The minimum atomic E-state index is 0.0936. The number of hydrogen-bond acceptors (Lipinski definition) is 4. The maximum atomic E-state index is 12.5. The quantitative estimate of drug-likeness (QED) is 0.642. The molecule has 0 spiro atoms. The van der Waals surface area contributed by atoms with E-state index in [-0.39, 0.29) is 5.91 Å². The van der Waals surface area contributed by atoms with Gasteiger partial charge in [0.25, 0.3) is 0 Å². The molecule has 0 bridgehead atoms. The van der Waals surface area contributed by atoms with E-state index < -0.39 is 0 Å². The summed E-state index contributed by atoms with van der Waals surface area (Å²) in [5, 5.41) is 9.25. The van der Waals surface area contributed by atoms with Crippen LogP contribution in [-0.4, -0.2) is 32.6 Å². The summed E-state index contributed by atoms with van der Waals surface area (Å²) in [6, 6.07) is 10.2. The monoisotopic (exact) mass is 386 g/mol. The number of H-pyrrole nitrogens is 1. The number of carbonyl (C=O) groups excluding carboxylic acids is 1. The van der Waals surface area contributed by atoms with Gasteiger partial charge in [-0.1, -0.05) is 23.8 Å². The van der Waals surface area contributed by atoms with Gasteiger partial charge in [-0.3, -0.25) is 14.5 Å². The Labute approximate surface area is 162 Å². The van der Waals surface area contributed by atoms with Crippen molar-refractivity contribution in [2.24, 2.45) is 0 Å². The van der Waals surface area contributed by atoms with Crippen molar-refractivity contribution in [2.45, 2.75) is 33.4 Å². The van der Waals surface area contributed by atoms with E-state index in [9.17, 15) is 4.79 Å². The number of benzene rings is 1. The van der Waals surface area contributed by atoms with Crippen molar-refractivity contribution >= 4 is 29.5 Å². The molecule has 7 heteroatoms. The Morgan fingerprint density at radius 2 is 2.15 bits per heavy atom. The van der Waals surface area contributed by atoms with E-state index >= 15 is 0 Å². The highest BCUT2D eigenvalue weighted by atomic mass is 32.1. The van der Waals surface area contributed by atoms with Crippen molar-refractivity contribution in [3.8, 4) is 11.4 Å². The lowest BCUT2D eigenvalue weighted by Gasteiger charge is -2.17. The molecule has 0 aliphatic carbocycles. The molecule has 0 saturated heterocycles. The molecule has 0 radical (unpaired) electrons. The van der Waals surface area contributed by atoms with E-state index in [0.717, 1.165) is 17.0 Å². The highest BCUT2D eigenvalue weighted by Crippen LogP contribution is 2.20. The van der Waals surface area contributed by atoms with Crippen LogP contribution in [0.15, 0.2) is 35.7 Å². The Bertz CT molecular complexity index is 970. The fourth-order valence-electron chi connectivity index (χ4n) is 2.80. The minimum absolute atomic E-state index is 0.0936. The molecule has 1 amide bonds. The summed E-state index contributed by atoms with van der Waals surface area (Å²) in [7, 11) is 1.84. The summed E-state index contributed by atoms with van der Waals surface area (Å²) in [5.41, 5.74) is 3.38. The van der Waals surface area contributed by atoms with Crippen molar-refractivity contribution in [1.82, 2.24) is 19.7 Å². The lowest BCUT2D eigenvalue weighted by Crippen LogP contribution is -2.27. The van der Waals surface area contributed by atoms with Crippen LogP contribution in [0.2, 0.25) is 0 Å². The van der Waals surface area contributed by atoms with Gasteiger partial charge in [-0.2, -0.15) is 5.10 Å². The van der Waals surface area contributed by atoms with Gasteiger partial charge in [0.1, 0.15) is 0 Å². The number of aryl methyl sites for hydroxylation is 2. The Hall–Kier alpha value is -2.25. The highest BCUT2D eigenvalue weighted by Gasteiger charge is 2.14. The Balaban J connectivity index is 1.70. The number of nitrogens with zero attached hydrogens (tertiary/aromatic N) is 3.